The average Bonchev–Trinajstić information content (AvgIpc) is 3.22. The summed E-state index contributed by atoms with van der Waals surface area (Å²) in [4.78, 5) is 21.7. The van der Waals surface area contributed by atoms with Crippen molar-refractivity contribution in [3.05, 3.63) is 83.7 Å². The van der Waals surface area contributed by atoms with Gasteiger partial charge in [-0.2, -0.15) is 0 Å². The minimum absolute atomic E-state index is 0.233. The van der Waals surface area contributed by atoms with Gasteiger partial charge in [0.25, 0.3) is 5.91 Å². The van der Waals surface area contributed by atoms with Crippen LogP contribution >= 0.6 is 0 Å². The van der Waals surface area contributed by atoms with Crippen LogP contribution in [0.4, 0.5) is 4.39 Å². The van der Waals surface area contributed by atoms with Crippen molar-refractivity contribution in [3.8, 4) is 11.3 Å². The van der Waals surface area contributed by atoms with E-state index < -0.39 is 12.1 Å². The Bertz CT molecular complexity index is 1270. The van der Waals surface area contributed by atoms with Gasteiger partial charge in [0.15, 0.2) is 17.6 Å². The highest BCUT2D eigenvalue weighted by atomic mass is 19.1. The summed E-state index contributed by atoms with van der Waals surface area (Å²) in [7, 11) is 0. The molecule has 3 heterocycles. The van der Waals surface area contributed by atoms with Crippen LogP contribution in [0.2, 0.25) is 0 Å². The molecule has 0 saturated carbocycles. The summed E-state index contributed by atoms with van der Waals surface area (Å²) in [6, 6.07) is 15.5. The van der Waals surface area contributed by atoms with Gasteiger partial charge >= 0.3 is 0 Å². The van der Waals surface area contributed by atoms with E-state index in [1.165, 1.54) is 16.9 Å². The first kappa shape index (κ1) is 19.3. The van der Waals surface area contributed by atoms with Crippen molar-refractivity contribution >= 4 is 11.6 Å². The van der Waals surface area contributed by atoms with Gasteiger partial charge in [-0.25, -0.2) is 18.9 Å². The van der Waals surface area contributed by atoms with Crippen LogP contribution in [0, 0.1) is 5.82 Å². The van der Waals surface area contributed by atoms with E-state index in [0.29, 0.717) is 29.3 Å². The molecule has 156 valence electrons. The van der Waals surface area contributed by atoms with Gasteiger partial charge in [0.05, 0.1) is 18.3 Å². The number of aromatic nitrogens is 4. The Balaban J connectivity index is 1.37. The number of amides is 1. The lowest BCUT2D eigenvalue weighted by atomic mass is 9.97. The van der Waals surface area contributed by atoms with E-state index >= 15 is 0 Å². The summed E-state index contributed by atoms with van der Waals surface area (Å²) in [5, 5.41) is 7.35. The lowest BCUT2D eigenvalue weighted by Crippen LogP contribution is -2.35. The number of hydrogen-bond acceptors (Lipinski definition) is 5. The molecular weight excluding hydrogens is 397 g/mol. The number of benzene rings is 2. The minimum Gasteiger partial charge on any atom is -0.363 e. The number of halogens is 1. The molecule has 1 N–H and O–H groups in total. The Morgan fingerprint density at radius 3 is 2.90 bits per heavy atom. The van der Waals surface area contributed by atoms with Crippen LogP contribution in [0.25, 0.3) is 16.9 Å². The number of nitrogens with zero attached hydrogens (tertiary/aromatic N) is 4. The normalized spacial score (nSPS) is 16.6. The van der Waals surface area contributed by atoms with Gasteiger partial charge in [-0.1, -0.05) is 36.4 Å². The summed E-state index contributed by atoms with van der Waals surface area (Å²) in [5.74, 6) is -0.152. The summed E-state index contributed by atoms with van der Waals surface area (Å²) in [5.41, 5.74) is 3.39. The number of carbonyl (C=O) groups is 1. The maximum Gasteiger partial charge on any atom is 0.254 e. The fourth-order valence-electron chi connectivity index (χ4n) is 3.78. The van der Waals surface area contributed by atoms with Crippen molar-refractivity contribution in [1.82, 2.24) is 24.9 Å². The quantitative estimate of drug-likeness (QED) is 0.550. The van der Waals surface area contributed by atoms with Gasteiger partial charge in [-0.3, -0.25) is 4.79 Å². The van der Waals surface area contributed by atoms with Crippen molar-refractivity contribution in [2.24, 2.45) is 0 Å². The fourth-order valence-corrected chi connectivity index (χ4v) is 3.78. The van der Waals surface area contributed by atoms with Gasteiger partial charge < -0.3 is 10.1 Å². The van der Waals surface area contributed by atoms with Crippen molar-refractivity contribution in [2.75, 3.05) is 6.61 Å². The van der Waals surface area contributed by atoms with E-state index in [2.05, 4.69) is 20.4 Å². The Kier molecular flexibility index (Phi) is 4.91. The van der Waals surface area contributed by atoms with Gasteiger partial charge in [0, 0.05) is 11.6 Å². The molecule has 2 atom stereocenters. The van der Waals surface area contributed by atoms with E-state index in [9.17, 15) is 9.18 Å². The number of ether oxygens (including phenoxy) is 1. The first-order chi connectivity index (χ1) is 15.1. The van der Waals surface area contributed by atoms with Crippen LogP contribution in [-0.4, -0.2) is 32.1 Å². The van der Waals surface area contributed by atoms with Crippen molar-refractivity contribution in [3.63, 3.8) is 0 Å². The van der Waals surface area contributed by atoms with Gasteiger partial charge in [-0.15, -0.1) is 5.10 Å². The van der Waals surface area contributed by atoms with E-state index in [-0.39, 0.29) is 11.7 Å². The van der Waals surface area contributed by atoms with E-state index in [0.717, 1.165) is 17.5 Å². The smallest absolute Gasteiger partial charge is 0.254 e. The van der Waals surface area contributed by atoms with Crippen LogP contribution in [0.3, 0.4) is 0 Å². The first-order valence-electron chi connectivity index (χ1n) is 10.1. The van der Waals surface area contributed by atoms with Crippen molar-refractivity contribution in [2.45, 2.75) is 25.5 Å². The van der Waals surface area contributed by atoms with Gasteiger partial charge in [-0.05, 0) is 36.6 Å². The molecule has 5 rings (SSSR count). The zero-order valence-corrected chi connectivity index (χ0v) is 16.8. The summed E-state index contributed by atoms with van der Waals surface area (Å²) in [6.45, 7) is 2.31. The number of nitrogens with one attached hydrogen (secondary N) is 1. The highest BCUT2D eigenvalue weighted by Gasteiger charge is 2.29. The van der Waals surface area contributed by atoms with Crippen LogP contribution < -0.4 is 5.32 Å². The molecule has 2 aromatic heterocycles. The molecule has 1 aliphatic rings. The summed E-state index contributed by atoms with van der Waals surface area (Å²) in [6.07, 6.45) is 1.63. The molecule has 0 fully saturated rings. The third-order valence-electron chi connectivity index (χ3n) is 5.37. The van der Waals surface area contributed by atoms with Gasteiger partial charge in [0.1, 0.15) is 12.1 Å². The molecule has 4 aromatic rings. The number of rotatable bonds is 4. The first-order valence-corrected chi connectivity index (χ1v) is 10.1. The SMILES string of the molecule is C[C@H](NC(=O)[C@@H]1OCCc2ccccc21)c1nc2cc(-c3ccccc3F)ncn2n1. The molecule has 0 spiro atoms. The molecule has 1 aliphatic heterocycles. The zero-order chi connectivity index (χ0) is 21.4. The zero-order valence-electron chi connectivity index (χ0n) is 16.8. The molecule has 7 nitrogen and oxygen atoms in total. The molecule has 8 heteroatoms. The van der Waals surface area contributed by atoms with Crippen LogP contribution in [0.15, 0.2) is 60.9 Å². The monoisotopic (exact) mass is 417 g/mol. The van der Waals surface area contributed by atoms with Crippen molar-refractivity contribution < 1.29 is 13.9 Å². The molecular formula is C23H20FN5O2. The lowest BCUT2D eigenvalue weighted by molar-refractivity contribution is -0.134. The Labute approximate surface area is 177 Å². The standard InChI is InChI=1S/C23H20FN5O2/c1-14(26-23(30)21-16-7-3-2-6-15(16)10-11-31-21)22-27-20-12-19(25-13-29(20)28-22)17-8-4-5-9-18(17)24/h2-9,12-14,21H,10-11H2,1H3,(H,26,30)/t14-,21+/m0/s1. The molecule has 0 saturated heterocycles. The molecule has 0 bridgehead atoms. The third-order valence-corrected chi connectivity index (χ3v) is 5.37. The molecule has 0 radical (unpaired) electrons. The Morgan fingerprint density at radius 2 is 2.03 bits per heavy atom. The van der Waals surface area contributed by atoms with Crippen LogP contribution in [0.1, 0.15) is 36.0 Å². The number of carbonyl (C=O) groups excluding carboxylic acids is 1. The van der Waals surface area contributed by atoms with Crippen LogP contribution in [-0.2, 0) is 16.0 Å². The Hall–Kier alpha value is -3.65. The minimum atomic E-state index is -0.654. The second kappa shape index (κ2) is 7.88. The highest BCUT2D eigenvalue weighted by Crippen LogP contribution is 2.28. The lowest BCUT2D eigenvalue weighted by Gasteiger charge is -2.26. The second-order valence-corrected chi connectivity index (χ2v) is 7.46. The second-order valence-electron chi connectivity index (χ2n) is 7.46. The van der Waals surface area contributed by atoms with E-state index in [1.54, 1.807) is 24.3 Å². The largest absolute Gasteiger partial charge is 0.363 e. The van der Waals surface area contributed by atoms with E-state index in [1.807, 2.05) is 31.2 Å². The average molecular weight is 417 g/mol. The van der Waals surface area contributed by atoms with Gasteiger partial charge in [0.2, 0.25) is 0 Å². The summed E-state index contributed by atoms with van der Waals surface area (Å²) < 4.78 is 21.3. The molecule has 31 heavy (non-hydrogen) atoms. The number of hydrogen-bond donors (Lipinski definition) is 1. The van der Waals surface area contributed by atoms with Crippen LogP contribution in [0.5, 0.6) is 0 Å². The Morgan fingerprint density at radius 1 is 1.23 bits per heavy atom. The summed E-state index contributed by atoms with van der Waals surface area (Å²) >= 11 is 0. The fraction of sp³-hybridized carbons (Fsp3) is 0.217. The predicted octanol–water partition coefficient (Wildman–Crippen LogP) is 3.42. The highest BCUT2D eigenvalue weighted by molar-refractivity contribution is 5.83. The predicted molar refractivity (Wildman–Crippen MR) is 112 cm³/mol. The molecule has 1 amide bonds. The maximum absolute atomic E-state index is 14.1. The van der Waals surface area contributed by atoms with Crippen molar-refractivity contribution in [1.29, 1.82) is 0 Å². The molecule has 0 unspecified atom stereocenters. The molecule has 2 aromatic carbocycles. The topological polar surface area (TPSA) is 81.4 Å². The van der Waals surface area contributed by atoms with E-state index in [4.69, 9.17) is 4.74 Å². The third kappa shape index (κ3) is 3.66. The maximum atomic E-state index is 14.1. The molecule has 0 aliphatic carbocycles. The number of fused-ring (bicyclic) bond motifs is 2.